The van der Waals surface area contributed by atoms with Crippen LogP contribution in [0.1, 0.15) is 76.4 Å². The minimum Gasteiger partial charge on any atom is -0.491 e. The summed E-state index contributed by atoms with van der Waals surface area (Å²) in [6, 6.07) is 37.5. The quantitative estimate of drug-likeness (QED) is 0.0553. The molecule has 0 aliphatic rings. The molecule has 0 fully saturated rings. The maximum atomic E-state index is 6.43. The summed E-state index contributed by atoms with van der Waals surface area (Å²) in [4.78, 5) is 4.60. The fourth-order valence-corrected chi connectivity index (χ4v) is 11.0. The van der Waals surface area contributed by atoms with Crippen molar-refractivity contribution in [1.29, 1.82) is 0 Å². The first-order valence-corrected chi connectivity index (χ1v) is 25.7. The number of tetrazole rings is 2. The van der Waals surface area contributed by atoms with E-state index < -0.39 is 0 Å². The number of pyridine rings is 1. The van der Waals surface area contributed by atoms with Gasteiger partial charge in [-0.05, 0) is 159 Å². The van der Waals surface area contributed by atoms with E-state index in [1.165, 1.54) is 20.3 Å². The Balaban J connectivity index is 0.784. The van der Waals surface area contributed by atoms with Crippen molar-refractivity contribution >= 4 is 42.8 Å². The number of aromatic amines is 2. The van der Waals surface area contributed by atoms with Crippen LogP contribution in [0.4, 0.5) is 0 Å². The Morgan fingerprint density at radius 2 is 1.22 bits per heavy atom. The Morgan fingerprint density at radius 3 is 1.86 bits per heavy atom. The van der Waals surface area contributed by atoms with E-state index in [9.17, 15) is 0 Å². The second-order valence-electron chi connectivity index (χ2n) is 17.4. The lowest BCUT2D eigenvalue weighted by molar-refractivity contribution is 0.0894. The summed E-state index contributed by atoms with van der Waals surface area (Å²) in [5, 5.41) is 35.4. The number of aromatic nitrogens is 9. The number of thiophene rings is 2. The van der Waals surface area contributed by atoms with Crippen molar-refractivity contribution in [2.24, 2.45) is 0 Å². The molecule has 0 saturated carbocycles. The Hall–Kier alpha value is -8.21. The summed E-state index contributed by atoms with van der Waals surface area (Å²) >= 11 is 3.46. The lowest BCUT2D eigenvalue weighted by atomic mass is 9.96. The maximum absolute atomic E-state index is 6.43. The molecule has 73 heavy (non-hydrogen) atoms. The number of nitrogens with zero attached hydrogens (tertiary/aromatic N) is 7. The van der Waals surface area contributed by atoms with Crippen LogP contribution < -0.4 is 14.2 Å². The molecular formula is C58H51N9O4S2. The number of hydrogen-bond donors (Lipinski definition) is 2. The standard InChI is InChI=1S/C58H51N9O4S2/c1-5-9-43(30-56-60-64-65-61-56)41-15-19-46(20-16-41)70-32-39-14-23-55-50(28-39)52(35-72-55)48-11-7-13-54(37(48)3)69-26-25-68-34-45-27-40(29-51-53(36-73-58(45)51)49-12-8-24-59-38(49)4)33-71-47-21-17-42(18-22-47)44(10-6-2)31-57-62-66-67-63-57/h7-8,11-24,27-29,35-36,43-44H,25-26,30-34H2,1-4H3,(H,60,61,64,65)(H,62,63,66,67)/t43-,44-/m0/s1. The number of nitrogens with one attached hydrogen (secondary N) is 2. The molecule has 0 aliphatic heterocycles. The number of H-pyrrole nitrogens is 2. The second-order valence-corrected chi connectivity index (χ2v) is 19.2. The van der Waals surface area contributed by atoms with E-state index in [0.717, 1.165) is 78.4 Å². The Bertz CT molecular complexity index is 3590. The molecule has 5 aromatic carbocycles. The molecule has 10 rings (SSSR count). The fraction of sp³-hybridized carbons (Fsp3) is 0.224. The largest absolute Gasteiger partial charge is 0.491 e. The molecule has 2 atom stereocenters. The van der Waals surface area contributed by atoms with E-state index in [4.69, 9.17) is 18.9 Å². The predicted octanol–water partition coefficient (Wildman–Crippen LogP) is 11.9. The molecule has 13 nitrogen and oxygen atoms in total. The predicted molar refractivity (Wildman–Crippen MR) is 287 cm³/mol. The topological polar surface area (TPSA) is 159 Å². The van der Waals surface area contributed by atoms with Gasteiger partial charge < -0.3 is 18.9 Å². The number of hydrogen-bond acceptors (Lipinski definition) is 13. The molecule has 15 heteroatoms. The summed E-state index contributed by atoms with van der Waals surface area (Å²) in [5.41, 5.74) is 12.0. The van der Waals surface area contributed by atoms with Crippen LogP contribution in [-0.2, 0) is 37.4 Å². The lowest BCUT2D eigenvalue weighted by Crippen LogP contribution is -2.08. The van der Waals surface area contributed by atoms with Gasteiger partial charge in [-0.1, -0.05) is 60.4 Å². The van der Waals surface area contributed by atoms with Gasteiger partial charge in [0.15, 0.2) is 0 Å². The van der Waals surface area contributed by atoms with Crippen molar-refractivity contribution in [3.05, 3.63) is 177 Å². The number of fused-ring (bicyclic) bond motifs is 2. The van der Waals surface area contributed by atoms with Crippen LogP contribution in [0, 0.1) is 37.5 Å². The van der Waals surface area contributed by atoms with Gasteiger partial charge in [0.05, 0.1) is 25.0 Å². The first kappa shape index (κ1) is 48.4. The summed E-state index contributed by atoms with van der Waals surface area (Å²) in [6.07, 6.45) is 3.02. The minimum absolute atomic E-state index is 0.0280. The van der Waals surface area contributed by atoms with Gasteiger partial charge in [-0.25, -0.2) is 10.2 Å². The van der Waals surface area contributed by atoms with Gasteiger partial charge in [0, 0.05) is 61.6 Å². The van der Waals surface area contributed by atoms with Gasteiger partial charge in [-0.2, -0.15) is 0 Å². The van der Waals surface area contributed by atoms with Crippen LogP contribution in [0.25, 0.3) is 42.4 Å². The molecule has 5 aromatic heterocycles. The van der Waals surface area contributed by atoms with Crippen LogP contribution >= 0.6 is 22.7 Å². The Labute approximate surface area is 431 Å². The molecule has 2 N–H and O–H groups in total. The zero-order valence-corrected chi connectivity index (χ0v) is 42.4. The zero-order chi connectivity index (χ0) is 49.9. The Morgan fingerprint density at radius 1 is 0.589 bits per heavy atom. The van der Waals surface area contributed by atoms with Crippen LogP contribution in [-0.4, -0.2) is 59.4 Å². The zero-order valence-electron chi connectivity index (χ0n) is 40.8. The number of rotatable bonds is 20. The average molecular weight is 1000 g/mol. The highest BCUT2D eigenvalue weighted by Gasteiger charge is 2.18. The number of ether oxygens (including phenoxy) is 4. The maximum Gasteiger partial charge on any atom is 0.150 e. The molecule has 0 bridgehead atoms. The monoisotopic (exact) mass is 1000 g/mol. The third-order valence-corrected chi connectivity index (χ3v) is 14.7. The van der Waals surface area contributed by atoms with Crippen LogP contribution in [0.3, 0.4) is 0 Å². The highest BCUT2D eigenvalue weighted by Crippen LogP contribution is 2.40. The van der Waals surface area contributed by atoms with Gasteiger partial charge >= 0.3 is 0 Å². The van der Waals surface area contributed by atoms with E-state index in [1.54, 1.807) is 22.7 Å². The highest BCUT2D eigenvalue weighted by atomic mass is 32.1. The number of aryl methyl sites for hydroxylation is 1. The van der Waals surface area contributed by atoms with Crippen LogP contribution in [0.2, 0.25) is 0 Å². The third kappa shape index (κ3) is 11.5. The van der Waals surface area contributed by atoms with Crippen LogP contribution in [0.15, 0.2) is 126 Å². The first-order chi connectivity index (χ1) is 35.9. The van der Waals surface area contributed by atoms with Crippen molar-refractivity contribution < 1.29 is 18.9 Å². The molecular weight excluding hydrogens is 951 g/mol. The molecule has 0 radical (unpaired) electrons. The summed E-state index contributed by atoms with van der Waals surface area (Å²) in [5.74, 6) is 16.3. The SMILES string of the molecule is CC#C[C@@H](Cc1nnn[nH]1)c1ccc(OCc2ccc3scc(-c4cccc(OCCOCc5cc(COc6ccc([C@@H](C#CC)Cc7nnn[nH]7)cc6)cc6c(-c7cccnc7C)csc56)c4C)c3c2)cc1. The van der Waals surface area contributed by atoms with Crippen molar-refractivity contribution in [3.63, 3.8) is 0 Å². The normalized spacial score (nSPS) is 11.9. The van der Waals surface area contributed by atoms with Gasteiger partial charge in [0.25, 0.3) is 0 Å². The van der Waals surface area contributed by atoms with Gasteiger partial charge in [0.2, 0.25) is 0 Å². The van der Waals surface area contributed by atoms with Crippen molar-refractivity contribution in [3.8, 4) is 63.2 Å². The Kier molecular flexibility index (Phi) is 15.2. The first-order valence-electron chi connectivity index (χ1n) is 23.9. The third-order valence-electron chi connectivity index (χ3n) is 12.6. The van der Waals surface area contributed by atoms with Crippen LogP contribution in [0.5, 0.6) is 17.2 Å². The van der Waals surface area contributed by atoms with E-state index in [0.29, 0.717) is 57.5 Å². The van der Waals surface area contributed by atoms with Crippen molar-refractivity contribution in [2.75, 3.05) is 13.2 Å². The van der Waals surface area contributed by atoms with Gasteiger partial charge in [-0.15, -0.1) is 44.7 Å². The molecule has 0 aliphatic carbocycles. The summed E-state index contributed by atoms with van der Waals surface area (Å²) < 4.78 is 27.9. The van der Waals surface area contributed by atoms with E-state index in [1.807, 2.05) is 56.4 Å². The lowest BCUT2D eigenvalue weighted by Gasteiger charge is -2.14. The van der Waals surface area contributed by atoms with E-state index in [2.05, 4.69) is 167 Å². The molecule has 0 amide bonds. The van der Waals surface area contributed by atoms with Crippen molar-refractivity contribution in [2.45, 2.75) is 72.2 Å². The molecule has 10 aromatic rings. The average Bonchev–Trinajstić information content (AvgIpc) is 4.28. The van der Waals surface area contributed by atoms with Crippen molar-refractivity contribution in [1.82, 2.24) is 46.2 Å². The van der Waals surface area contributed by atoms with E-state index in [-0.39, 0.29) is 11.8 Å². The van der Waals surface area contributed by atoms with Gasteiger partial charge in [-0.3, -0.25) is 4.98 Å². The summed E-state index contributed by atoms with van der Waals surface area (Å²) in [7, 11) is 0. The smallest absolute Gasteiger partial charge is 0.150 e. The fourth-order valence-electron chi connectivity index (χ4n) is 8.97. The van der Waals surface area contributed by atoms with Gasteiger partial charge in [0.1, 0.15) is 48.7 Å². The molecule has 0 unspecified atom stereocenters. The molecule has 364 valence electrons. The molecule has 0 spiro atoms. The van der Waals surface area contributed by atoms with E-state index >= 15 is 0 Å². The highest BCUT2D eigenvalue weighted by molar-refractivity contribution is 7.18. The minimum atomic E-state index is -0.0471. The summed E-state index contributed by atoms with van der Waals surface area (Å²) in [6.45, 7) is 9.91. The number of benzene rings is 5. The second kappa shape index (κ2) is 22.9. The molecule has 0 saturated heterocycles. The molecule has 5 heterocycles.